The molecule has 0 aliphatic carbocycles. The molecule has 8 heteroatoms. The summed E-state index contributed by atoms with van der Waals surface area (Å²) in [6.45, 7) is 2.64. The molecule has 1 atom stereocenters. The molecule has 4 rings (SSSR count). The summed E-state index contributed by atoms with van der Waals surface area (Å²) in [5, 5.41) is 5.51. The van der Waals surface area contributed by atoms with E-state index in [1.165, 1.54) is 6.26 Å². The van der Waals surface area contributed by atoms with Gasteiger partial charge in [-0.2, -0.15) is 0 Å². The Balaban J connectivity index is 1.32. The van der Waals surface area contributed by atoms with Crippen LogP contribution in [0.15, 0.2) is 65.3 Å². The van der Waals surface area contributed by atoms with E-state index in [0.717, 1.165) is 0 Å². The summed E-state index contributed by atoms with van der Waals surface area (Å²) in [6, 6.07) is 15.1. The van der Waals surface area contributed by atoms with Crippen LogP contribution in [0.4, 0.5) is 11.4 Å². The Morgan fingerprint density at radius 1 is 0.933 bits per heavy atom. The summed E-state index contributed by atoms with van der Waals surface area (Å²) >= 11 is 0. The molecule has 1 unspecified atom stereocenters. The molecule has 8 nitrogen and oxygen atoms in total. The first-order valence-electron chi connectivity index (χ1n) is 9.40. The molecule has 3 aromatic rings. The molecule has 1 aliphatic heterocycles. The van der Waals surface area contributed by atoms with Crippen molar-refractivity contribution >= 4 is 23.2 Å². The number of rotatable bonds is 6. The van der Waals surface area contributed by atoms with E-state index in [4.69, 9.17) is 18.6 Å². The highest BCUT2D eigenvalue weighted by atomic mass is 16.6. The standard InChI is InChI=1S/C22H20N2O6/c1-14(21(25)24-16-6-9-18-20(13-16)29-12-11-28-18)30-17-7-4-15(5-8-17)23-22(26)19-3-2-10-27-19/h2-10,13-14H,11-12H2,1H3,(H,23,26)(H,24,25). The van der Waals surface area contributed by atoms with Crippen LogP contribution in [0.3, 0.4) is 0 Å². The maximum Gasteiger partial charge on any atom is 0.291 e. The second kappa shape index (κ2) is 8.60. The zero-order valence-corrected chi connectivity index (χ0v) is 16.2. The van der Waals surface area contributed by atoms with Gasteiger partial charge in [-0.3, -0.25) is 9.59 Å². The molecule has 30 heavy (non-hydrogen) atoms. The van der Waals surface area contributed by atoms with Gasteiger partial charge < -0.3 is 29.3 Å². The third-order valence-corrected chi connectivity index (χ3v) is 4.35. The number of amides is 2. The van der Waals surface area contributed by atoms with Crippen molar-refractivity contribution < 1.29 is 28.2 Å². The molecule has 2 N–H and O–H groups in total. The normalized spacial score (nSPS) is 13.2. The molecule has 2 heterocycles. The number of ether oxygens (including phenoxy) is 3. The number of hydrogen-bond donors (Lipinski definition) is 2. The zero-order chi connectivity index (χ0) is 20.9. The van der Waals surface area contributed by atoms with Crippen molar-refractivity contribution in [2.24, 2.45) is 0 Å². The average molecular weight is 408 g/mol. The van der Waals surface area contributed by atoms with Crippen LogP contribution in [0.5, 0.6) is 17.2 Å². The van der Waals surface area contributed by atoms with E-state index in [0.29, 0.717) is 41.8 Å². The van der Waals surface area contributed by atoms with Crippen molar-refractivity contribution in [2.45, 2.75) is 13.0 Å². The summed E-state index contributed by atoms with van der Waals surface area (Å²) in [5.41, 5.74) is 1.17. The Hall–Kier alpha value is -3.94. The minimum absolute atomic E-state index is 0.222. The smallest absolute Gasteiger partial charge is 0.291 e. The lowest BCUT2D eigenvalue weighted by Gasteiger charge is -2.20. The maximum absolute atomic E-state index is 12.5. The van der Waals surface area contributed by atoms with E-state index in [1.54, 1.807) is 61.5 Å². The molecule has 154 valence electrons. The van der Waals surface area contributed by atoms with E-state index < -0.39 is 6.10 Å². The molecule has 2 amide bonds. The van der Waals surface area contributed by atoms with Gasteiger partial charge in [0, 0.05) is 17.4 Å². The lowest BCUT2D eigenvalue weighted by atomic mass is 10.2. The summed E-state index contributed by atoms with van der Waals surface area (Å²) in [5.74, 6) is 1.32. The van der Waals surface area contributed by atoms with Crippen LogP contribution in [0.1, 0.15) is 17.5 Å². The number of hydrogen-bond acceptors (Lipinski definition) is 6. The third kappa shape index (κ3) is 4.54. The van der Waals surface area contributed by atoms with Gasteiger partial charge in [0.15, 0.2) is 23.4 Å². The predicted octanol–water partition coefficient (Wildman–Crippen LogP) is 3.71. The van der Waals surface area contributed by atoms with Crippen LogP contribution in [-0.4, -0.2) is 31.1 Å². The molecule has 1 aliphatic rings. The van der Waals surface area contributed by atoms with Gasteiger partial charge >= 0.3 is 0 Å². The van der Waals surface area contributed by atoms with Crippen LogP contribution in [0.2, 0.25) is 0 Å². The monoisotopic (exact) mass is 408 g/mol. The van der Waals surface area contributed by atoms with Crippen molar-refractivity contribution in [3.8, 4) is 17.2 Å². The van der Waals surface area contributed by atoms with Crippen molar-refractivity contribution in [3.05, 3.63) is 66.6 Å². The molecule has 2 aromatic carbocycles. The molecule has 0 radical (unpaired) electrons. The molecule has 0 spiro atoms. The van der Waals surface area contributed by atoms with Crippen molar-refractivity contribution in [1.29, 1.82) is 0 Å². The molecule has 0 fully saturated rings. The summed E-state index contributed by atoms with van der Waals surface area (Å²) in [7, 11) is 0. The quantitative estimate of drug-likeness (QED) is 0.645. The third-order valence-electron chi connectivity index (χ3n) is 4.35. The van der Waals surface area contributed by atoms with Crippen LogP contribution < -0.4 is 24.8 Å². The van der Waals surface area contributed by atoms with E-state index in [9.17, 15) is 9.59 Å². The zero-order valence-electron chi connectivity index (χ0n) is 16.2. The fourth-order valence-corrected chi connectivity index (χ4v) is 2.84. The van der Waals surface area contributed by atoms with Gasteiger partial charge in [0.25, 0.3) is 11.8 Å². The topological polar surface area (TPSA) is 99.0 Å². The minimum Gasteiger partial charge on any atom is -0.486 e. The number of furan rings is 1. The molecule has 0 saturated heterocycles. The molecular formula is C22H20N2O6. The summed E-state index contributed by atoms with van der Waals surface area (Å²) < 4.78 is 21.7. The molecule has 0 saturated carbocycles. The SMILES string of the molecule is CC(Oc1ccc(NC(=O)c2ccco2)cc1)C(=O)Nc1ccc2c(c1)OCCO2. The van der Waals surface area contributed by atoms with Crippen LogP contribution in [-0.2, 0) is 4.79 Å². The molecule has 0 bridgehead atoms. The second-order valence-corrected chi connectivity index (χ2v) is 6.56. The predicted molar refractivity (Wildman–Crippen MR) is 109 cm³/mol. The Morgan fingerprint density at radius 2 is 1.67 bits per heavy atom. The van der Waals surface area contributed by atoms with Gasteiger partial charge in [0.1, 0.15) is 19.0 Å². The number of benzene rings is 2. The summed E-state index contributed by atoms with van der Waals surface area (Å²) in [4.78, 5) is 24.4. The van der Waals surface area contributed by atoms with E-state index in [-0.39, 0.29) is 17.6 Å². The van der Waals surface area contributed by atoms with Gasteiger partial charge in [-0.15, -0.1) is 0 Å². The Morgan fingerprint density at radius 3 is 2.40 bits per heavy atom. The van der Waals surface area contributed by atoms with Gasteiger partial charge in [0.05, 0.1) is 6.26 Å². The maximum atomic E-state index is 12.5. The number of nitrogens with one attached hydrogen (secondary N) is 2. The van der Waals surface area contributed by atoms with Crippen molar-refractivity contribution in [2.75, 3.05) is 23.8 Å². The van der Waals surface area contributed by atoms with Gasteiger partial charge in [-0.1, -0.05) is 0 Å². The van der Waals surface area contributed by atoms with Gasteiger partial charge in [-0.05, 0) is 55.5 Å². The largest absolute Gasteiger partial charge is 0.486 e. The number of carbonyl (C=O) groups is 2. The highest BCUT2D eigenvalue weighted by Crippen LogP contribution is 2.32. The van der Waals surface area contributed by atoms with Crippen molar-refractivity contribution in [1.82, 2.24) is 0 Å². The Kier molecular flexibility index (Phi) is 5.56. The van der Waals surface area contributed by atoms with E-state index in [1.807, 2.05) is 0 Å². The number of anilines is 2. The highest BCUT2D eigenvalue weighted by molar-refractivity contribution is 6.02. The first kappa shape index (κ1) is 19.4. The molecular weight excluding hydrogens is 388 g/mol. The van der Waals surface area contributed by atoms with Crippen LogP contribution in [0.25, 0.3) is 0 Å². The Bertz CT molecular complexity index is 1030. The first-order chi connectivity index (χ1) is 14.6. The minimum atomic E-state index is -0.734. The first-order valence-corrected chi connectivity index (χ1v) is 9.40. The highest BCUT2D eigenvalue weighted by Gasteiger charge is 2.17. The lowest BCUT2D eigenvalue weighted by molar-refractivity contribution is -0.122. The van der Waals surface area contributed by atoms with Crippen molar-refractivity contribution in [3.63, 3.8) is 0 Å². The van der Waals surface area contributed by atoms with E-state index >= 15 is 0 Å². The number of carbonyl (C=O) groups excluding carboxylic acids is 2. The van der Waals surface area contributed by atoms with Gasteiger partial charge in [-0.25, -0.2) is 0 Å². The fraction of sp³-hybridized carbons (Fsp3) is 0.182. The van der Waals surface area contributed by atoms with E-state index in [2.05, 4.69) is 10.6 Å². The molecule has 1 aromatic heterocycles. The second-order valence-electron chi connectivity index (χ2n) is 6.56. The van der Waals surface area contributed by atoms with Gasteiger partial charge in [0.2, 0.25) is 0 Å². The number of fused-ring (bicyclic) bond motifs is 1. The van der Waals surface area contributed by atoms with Crippen LogP contribution >= 0.6 is 0 Å². The fourth-order valence-electron chi connectivity index (χ4n) is 2.84. The van der Waals surface area contributed by atoms with Crippen LogP contribution in [0, 0.1) is 0 Å². The lowest BCUT2D eigenvalue weighted by Crippen LogP contribution is -2.30. The average Bonchev–Trinajstić information content (AvgIpc) is 3.30. The Labute approximate surface area is 172 Å². The summed E-state index contributed by atoms with van der Waals surface area (Å²) in [6.07, 6.45) is 0.699.